The topological polar surface area (TPSA) is 117 Å². The molecule has 1 aliphatic rings. The average Bonchev–Trinajstić information content (AvgIpc) is 2.48. The zero-order valence-electron chi connectivity index (χ0n) is 12.3. The molecule has 2 rings (SSSR count). The van der Waals surface area contributed by atoms with Crippen molar-refractivity contribution in [1.82, 2.24) is 15.0 Å². The number of nitrogens with zero attached hydrogens (tertiary/aromatic N) is 5. The van der Waals surface area contributed by atoms with Crippen molar-refractivity contribution in [3.63, 3.8) is 0 Å². The van der Waals surface area contributed by atoms with Gasteiger partial charge in [-0.25, -0.2) is 14.3 Å². The third-order valence-corrected chi connectivity index (χ3v) is 5.02. The number of hydrogen-bond acceptors (Lipinski definition) is 9. The highest BCUT2D eigenvalue weighted by Crippen LogP contribution is 2.18. The molecular formula is C11H21N7O2S. The van der Waals surface area contributed by atoms with Gasteiger partial charge in [0.1, 0.15) is 0 Å². The van der Waals surface area contributed by atoms with Gasteiger partial charge in [0.25, 0.3) is 0 Å². The van der Waals surface area contributed by atoms with E-state index in [1.165, 1.54) is 0 Å². The van der Waals surface area contributed by atoms with E-state index in [1.807, 2.05) is 23.6 Å². The van der Waals surface area contributed by atoms with Crippen LogP contribution in [0.5, 0.6) is 0 Å². The van der Waals surface area contributed by atoms with Crippen molar-refractivity contribution in [2.75, 3.05) is 52.9 Å². The second-order valence-corrected chi connectivity index (χ2v) is 7.02. The van der Waals surface area contributed by atoms with Crippen molar-refractivity contribution in [2.45, 2.75) is 13.8 Å². The Bertz CT molecular complexity index is 574. The summed E-state index contributed by atoms with van der Waals surface area (Å²) in [6.45, 7) is 6.31. The van der Waals surface area contributed by atoms with Crippen LogP contribution in [0, 0.1) is 0 Å². The molecule has 0 aromatic carbocycles. The number of hydrogen-bond donors (Lipinski definition) is 2. The highest BCUT2D eigenvalue weighted by atomic mass is 32.2. The first-order chi connectivity index (χ1) is 9.99. The lowest BCUT2D eigenvalue weighted by molar-refractivity contribution is 0.585. The standard InChI is InChI=1S/C11H21N7O2S/c1-3-17(4-2)10-13-9(16-12)14-11(15-10)18-5-7-21(19,20)8-6-18/h3-8,12H2,1-2H3,(H,13,14,15,16). The second kappa shape index (κ2) is 6.39. The van der Waals surface area contributed by atoms with Gasteiger partial charge in [0.2, 0.25) is 17.8 Å². The van der Waals surface area contributed by atoms with Crippen molar-refractivity contribution < 1.29 is 8.42 Å². The zero-order valence-corrected chi connectivity index (χ0v) is 13.1. The maximum absolute atomic E-state index is 11.5. The third-order valence-electron chi connectivity index (χ3n) is 3.41. The Morgan fingerprint density at radius 3 is 2.33 bits per heavy atom. The van der Waals surface area contributed by atoms with Crippen LogP contribution in [0.25, 0.3) is 0 Å². The maximum Gasteiger partial charge on any atom is 0.243 e. The van der Waals surface area contributed by atoms with E-state index in [2.05, 4.69) is 20.4 Å². The van der Waals surface area contributed by atoms with Gasteiger partial charge in [-0.15, -0.1) is 0 Å². The molecule has 1 aliphatic heterocycles. The first-order valence-corrected chi connectivity index (χ1v) is 8.74. The van der Waals surface area contributed by atoms with E-state index in [9.17, 15) is 8.42 Å². The number of anilines is 3. The lowest BCUT2D eigenvalue weighted by Crippen LogP contribution is -2.41. The van der Waals surface area contributed by atoms with E-state index in [1.54, 1.807) is 0 Å². The minimum atomic E-state index is -2.94. The van der Waals surface area contributed by atoms with Crippen molar-refractivity contribution in [3.8, 4) is 0 Å². The molecule has 1 fully saturated rings. The van der Waals surface area contributed by atoms with Gasteiger partial charge in [0, 0.05) is 26.2 Å². The van der Waals surface area contributed by atoms with Crippen LogP contribution in [0.3, 0.4) is 0 Å². The third kappa shape index (κ3) is 3.70. The van der Waals surface area contributed by atoms with E-state index >= 15 is 0 Å². The Kier molecular flexibility index (Phi) is 4.78. The number of nitrogen functional groups attached to an aromatic ring is 1. The van der Waals surface area contributed by atoms with Crippen molar-refractivity contribution in [1.29, 1.82) is 0 Å². The minimum Gasteiger partial charge on any atom is -0.341 e. The fourth-order valence-corrected chi connectivity index (χ4v) is 3.32. The van der Waals surface area contributed by atoms with Crippen molar-refractivity contribution >= 4 is 27.7 Å². The molecule has 0 saturated carbocycles. The van der Waals surface area contributed by atoms with Gasteiger partial charge in [-0.1, -0.05) is 0 Å². The van der Waals surface area contributed by atoms with Crippen LogP contribution in [-0.4, -0.2) is 61.1 Å². The first-order valence-electron chi connectivity index (χ1n) is 6.92. The summed E-state index contributed by atoms with van der Waals surface area (Å²) >= 11 is 0. The molecule has 9 nitrogen and oxygen atoms in total. The predicted molar refractivity (Wildman–Crippen MR) is 82.1 cm³/mol. The van der Waals surface area contributed by atoms with E-state index in [4.69, 9.17) is 5.84 Å². The molecule has 1 aromatic rings. The summed E-state index contributed by atoms with van der Waals surface area (Å²) in [7, 11) is -2.94. The van der Waals surface area contributed by atoms with Crippen LogP contribution >= 0.6 is 0 Å². The number of rotatable bonds is 5. The SMILES string of the molecule is CCN(CC)c1nc(NN)nc(N2CCS(=O)(=O)CC2)n1. The van der Waals surface area contributed by atoms with E-state index in [0.29, 0.717) is 25.0 Å². The summed E-state index contributed by atoms with van der Waals surface area (Å²) in [6.07, 6.45) is 0. The van der Waals surface area contributed by atoms with Crippen LogP contribution in [0.4, 0.5) is 17.8 Å². The maximum atomic E-state index is 11.5. The Morgan fingerprint density at radius 1 is 1.19 bits per heavy atom. The molecule has 0 unspecified atom stereocenters. The minimum absolute atomic E-state index is 0.116. The Labute approximate surface area is 124 Å². The smallest absolute Gasteiger partial charge is 0.243 e. The van der Waals surface area contributed by atoms with Crippen LogP contribution in [-0.2, 0) is 9.84 Å². The monoisotopic (exact) mass is 315 g/mol. The van der Waals surface area contributed by atoms with E-state index in [0.717, 1.165) is 13.1 Å². The summed E-state index contributed by atoms with van der Waals surface area (Å²) in [5.74, 6) is 6.90. The average molecular weight is 315 g/mol. The molecule has 0 bridgehead atoms. The normalized spacial score (nSPS) is 17.6. The van der Waals surface area contributed by atoms with Crippen LogP contribution in [0.1, 0.15) is 13.8 Å². The van der Waals surface area contributed by atoms with Crippen LogP contribution < -0.4 is 21.1 Å². The quantitative estimate of drug-likeness (QED) is 0.534. The highest BCUT2D eigenvalue weighted by Gasteiger charge is 2.24. The summed E-state index contributed by atoms with van der Waals surface area (Å²) in [4.78, 5) is 16.7. The van der Waals surface area contributed by atoms with Gasteiger partial charge in [-0.05, 0) is 13.8 Å². The molecule has 10 heteroatoms. The van der Waals surface area contributed by atoms with Crippen LogP contribution in [0.2, 0.25) is 0 Å². The number of sulfone groups is 1. The first kappa shape index (κ1) is 15.7. The van der Waals surface area contributed by atoms with E-state index in [-0.39, 0.29) is 17.5 Å². The molecular weight excluding hydrogens is 294 g/mol. The van der Waals surface area contributed by atoms with Gasteiger partial charge in [0.05, 0.1) is 11.5 Å². The van der Waals surface area contributed by atoms with Crippen molar-refractivity contribution in [2.24, 2.45) is 5.84 Å². The molecule has 1 aromatic heterocycles. The zero-order chi connectivity index (χ0) is 15.5. The molecule has 0 amide bonds. The molecule has 118 valence electrons. The Hall–Kier alpha value is -1.68. The Morgan fingerprint density at radius 2 is 1.81 bits per heavy atom. The number of aromatic nitrogens is 3. The number of hydrazine groups is 1. The summed E-state index contributed by atoms with van der Waals surface area (Å²) in [5.41, 5.74) is 2.43. The molecule has 1 saturated heterocycles. The van der Waals surface area contributed by atoms with Gasteiger partial charge in [-0.2, -0.15) is 15.0 Å². The van der Waals surface area contributed by atoms with Gasteiger partial charge in [-0.3, -0.25) is 5.43 Å². The predicted octanol–water partition coefficient (Wildman–Crippen LogP) is -0.762. The molecule has 0 spiro atoms. The summed E-state index contributed by atoms with van der Waals surface area (Å²) in [6, 6.07) is 0. The molecule has 3 N–H and O–H groups in total. The fraction of sp³-hybridized carbons (Fsp3) is 0.727. The van der Waals surface area contributed by atoms with Crippen LogP contribution in [0.15, 0.2) is 0 Å². The lowest BCUT2D eigenvalue weighted by Gasteiger charge is -2.28. The molecule has 0 radical (unpaired) electrons. The van der Waals surface area contributed by atoms with Gasteiger partial charge >= 0.3 is 0 Å². The fourth-order valence-electron chi connectivity index (χ4n) is 2.12. The molecule has 0 aliphatic carbocycles. The summed E-state index contributed by atoms with van der Waals surface area (Å²) < 4.78 is 23.0. The number of nitrogens with one attached hydrogen (secondary N) is 1. The Balaban J connectivity index is 2.29. The molecule has 0 atom stereocenters. The van der Waals surface area contributed by atoms with Gasteiger partial charge in [0.15, 0.2) is 9.84 Å². The summed E-state index contributed by atoms with van der Waals surface area (Å²) in [5, 5.41) is 0. The molecule has 2 heterocycles. The largest absolute Gasteiger partial charge is 0.341 e. The lowest BCUT2D eigenvalue weighted by atomic mass is 10.5. The van der Waals surface area contributed by atoms with E-state index < -0.39 is 9.84 Å². The second-order valence-electron chi connectivity index (χ2n) is 4.71. The molecule has 21 heavy (non-hydrogen) atoms. The number of nitrogens with two attached hydrogens (primary N) is 1. The highest BCUT2D eigenvalue weighted by molar-refractivity contribution is 7.91. The van der Waals surface area contributed by atoms with Gasteiger partial charge < -0.3 is 9.80 Å². The van der Waals surface area contributed by atoms with Crippen molar-refractivity contribution in [3.05, 3.63) is 0 Å².